The number of likely N-dealkylation sites (N-methyl/N-ethyl adjacent to an activating group) is 1. The van der Waals surface area contributed by atoms with Crippen molar-refractivity contribution in [3.63, 3.8) is 0 Å². The fourth-order valence-corrected chi connectivity index (χ4v) is 5.20. The molecule has 0 aliphatic heterocycles. The van der Waals surface area contributed by atoms with Gasteiger partial charge >= 0.3 is 0 Å². The van der Waals surface area contributed by atoms with Crippen molar-refractivity contribution in [2.75, 3.05) is 102 Å². The lowest BCUT2D eigenvalue weighted by molar-refractivity contribution is 0.0784. The number of nitrogens with one attached hydrogen (secondary N) is 5. The van der Waals surface area contributed by atoms with Crippen molar-refractivity contribution in [1.29, 1.82) is 0 Å². The highest BCUT2D eigenvalue weighted by Gasteiger charge is 2.27. The Kier molecular flexibility index (Phi) is 14.4. The Morgan fingerprint density at radius 2 is 1.10 bits per heavy atom. The smallest absolute Gasteiger partial charge is 0.289 e. The first kappa shape index (κ1) is 40.4. The second-order valence-electron chi connectivity index (χ2n) is 12.1. The predicted octanol–water partition coefficient (Wildman–Crippen LogP) is 1.89. The molecule has 18 heteroatoms. The van der Waals surface area contributed by atoms with E-state index in [0.717, 1.165) is 13.0 Å². The Bertz CT molecular complexity index is 1760. The minimum atomic E-state index is -0.437. The molecule has 0 saturated heterocycles. The molecule has 0 unspecified atom stereocenters. The Morgan fingerprint density at radius 1 is 0.608 bits per heavy atom. The third kappa shape index (κ3) is 9.80. The van der Waals surface area contributed by atoms with E-state index in [4.69, 9.17) is 5.11 Å². The SMILES string of the molecule is CN(C)CCCN(C)C(=O)c1cc(N(C)C(=O)c2cc(N(C)C(=O)c3cc(N(C(=O)c4cc(NCCO)c[nH]4)N(C)CCO)c[nH]3)c[nH]2)c[nH]1.Cl. The van der Waals surface area contributed by atoms with Gasteiger partial charge in [0.1, 0.15) is 22.8 Å². The Balaban J connectivity index is 0.00000702. The van der Waals surface area contributed by atoms with Crippen LogP contribution < -0.4 is 20.1 Å². The number of aromatic nitrogens is 4. The van der Waals surface area contributed by atoms with E-state index in [0.29, 0.717) is 41.5 Å². The van der Waals surface area contributed by atoms with Gasteiger partial charge in [0.25, 0.3) is 23.6 Å². The molecule has 4 rings (SSSR count). The van der Waals surface area contributed by atoms with E-state index in [2.05, 4.69) is 30.2 Å². The highest BCUT2D eigenvalue weighted by Crippen LogP contribution is 2.25. The van der Waals surface area contributed by atoms with Crippen molar-refractivity contribution in [3.8, 4) is 0 Å². The molecule has 4 heterocycles. The molecule has 51 heavy (non-hydrogen) atoms. The van der Waals surface area contributed by atoms with E-state index in [-0.39, 0.29) is 61.1 Å². The lowest BCUT2D eigenvalue weighted by Crippen LogP contribution is -2.45. The Labute approximate surface area is 302 Å². The van der Waals surface area contributed by atoms with E-state index in [1.165, 1.54) is 38.3 Å². The number of carbonyl (C=O) groups is 4. The van der Waals surface area contributed by atoms with Crippen molar-refractivity contribution in [2.45, 2.75) is 6.42 Å². The molecule has 0 bridgehead atoms. The van der Waals surface area contributed by atoms with Crippen molar-refractivity contribution < 1.29 is 29.4 Å². The Morgan fingerprint density at radius 3 is 1.63 bits per heavy atom. The summed E-state index contributed by atoms with van der Waals surface area (Å²) in [5.41, 5.74) is 2.93. The van der Waals surface area contributed by atoms with Crippen LogP contribution in [0.25, 0.3) is 0 Å². The molecule has 4 amide bonds. The zero-order valence-corrected chi connectivity index (χ0v) is 30.5. The molecule has 0 aromatic carbocycles. The number of hydrogen-bond donors (Lipinski definition) is 7. The summed E-state index contributed by atoms with van der Waals surface area (Å²) >= 11 is 0. The standard InChI is InChI=1S/C33H47N11O6.ClH/c1-39(2)9-7-10-40(3)30(47)27-15-23(19-36-27)42(5)31(48)28-16-24(20-37-28)43(6)32(49)29-17-25(21-38-29)44(41(4)11-13-46)33(50)26-14-22(18-35-26)34-8-12-45;/h14-21,34-38,45-46H,7-13H2,1-6H3;1H. The molecule has 0 aliphatic carbocycles. The van der Waals surface area contributed by atoms with Gasteiger partial charge in [-0.15, -0.1) is 12.4 Å². The van der Waals surface area contributed by atoms with Gasteiger partial charge in [0.2, 0.25) is 0 Å². The minimum absolute atomic E-state index is 0. The number of hydrogen-bond acceptors (Lipinski definition) is 9. The van der Waals surface area contributed by atoms with Crippen LogP contribution in [-0.4, -0.2) is 150 Å². The summed E-state index contributed by atoms with van der Waals surface area (Å²) in [6, 6.07) is 6.31. The van der Waals surface area contributed by atoms with E-state index in [1.807, 2.05) is 14.1 Å². The van der Waals surface area contributed by atoms with E-state index >= 15 is 0 Å². The van der Waals surface area contributed by atoms with Gasteiger partial charge in [0.15, 0.2) is 0 Å². The van der Waals surface area contributed by atoms with Gasteiger partial charge in [-0.2, -0.15) is 0 Å². The summed E-state index contributed by atoms with van der Waals surface area (Å²) in [6.45, 7) is 1.63. The first-order valence-corrected chi connectivity index (χ1v) is 16.1. The van der Waals surface area contributed by atoms with Gasteiger partial charge in [0.05, 0.1) is 36.0 Å². The summed E-state index contributed by atoms with van der Waals surface area (Å²) in [5.74, 6) is -1.42. The number of aliphatic hydroxyl groups is 2. The van der Waals surface area contributed by atoms with Crippen LogP contribution in [-0.2, 0) is 0 Å². The van der Waals surface area contributed by atoms with Gasteiger partial charge in [-0.05, 0) is 51.3 Å². The molecule has 7 N–H and O–H groups in total. The quantitative estimate of drug-likeness (QED) is 0.0792. The first-order chi connectivity index (χ1) is 23.9. The van der Waals surface area contributed by atoms with Gasteiger partial charge in [-0.25, -0.2) is 10.0 Å². The number of H-pyrrole nitrogens is 4. The van der Waals surface area contributed by atoms with Gasteiger partial charge in [-0.1, -0.05) is 0 Å². The summed E-state index contributed by atoms with van der Waals surface area (Å²) in [4.78, 5) is 71.5. The maximum absolute atomic E-state index is 13.6. The van der Waals surface area contributed by atoms with E-state index < -0.39 is 11.8 Å². The van der Waals surface area contributed by atoms with Crippen LogP contribution in [0.5, 0.6) is 0 Å². The maximum Gasteiger partial charge on any atom is 0.289 e. The van der Waals surface area contributed by atoms with Crippen LogP contribution >= 0.6 is 12.4 Å². The molecular weight excluding hydrogens is 682 g/mol. The number of anilines is 4. The summed E-state index contributed by atoms with van der Waals surface area (Å²) in [7, 11) is 10.5. The third-order valence-electron chi connectivity index (χ3n) is 8.08. The fourth-order valence-electron chi connectivity index (χ4n) is 5.20. The summed E-state index contributed by atoms with van der Waals surface area (Å²) in [5, 5.41) is 24.5. The number of rotatable bonds is 17. The normalized spacial score (nSPS) is 11.0. The average Bonchev–Trinajstić information content (AvgIpc) is 3.93. The maximum atomic E-state index is 13.6. The summed E-state index contributed by atoms with van der Waals surface area (Å²) < 4.78 is 0. The van der Waals surface area contributed by atoms with Gasteiger partial charge in [-0.3, -0.25) is 19.2 Å². The van der Waals surface area contributed by atoms with Crippen molar-refractivity contribution in [1.82, 2.24) is 34.7 Å². The molecule has 278 valence electrons. The number of carbonyl (C=O) groups excluding carboxylic acids is 4. The molecule has 0 atom stereocenters. The molecule has 0 saturated carbocycles. The van der Waals surface area contributed by atoms with E-state index in [1.54, 1.807) is 63.7 Å². The molecule has 4 aromatic rings. The molecule has 17 nitrogen and oxygen atoms in total. The highest BCUT2D eigenvalue weighted by molar-refractivity contribution is 6.09. The molecule has 0 spiro atoms. The minimum Gasteiger partial charge on any atom is -0.395 e. The van der Waals surface area contributed by atoms with Crippen molar-refractivity contribution >= 4 is 58.8 Å². The van der Waals surface area contributed by atoms with Crippen LogP contribution in [0.1, 0.15) is 48.4 Å². The second-order valence-corrected chi connectivity index (χ2v) is 12.1. The van der Waals surface area contributed by atoms with Crippen LogP contribution in [0.15, 0.2) is 49.1 Å². The number of hydrazine groups is 1. The molecule has 4 aromatic heterocycles. The van der Waals surface area contributed by atoms with Gasteiger partial charge < -0.3 is 55.1 Å². The lowest BCUT2D eigenvalue weighted by atomic mass is 10.3. The van der Waals surface area contributed by atoms with Crippen LogP contribution in [0.3, 0.4) is 0 Å². The zero-order chi connectivity index (χ0) is 36.5. The summed E-state index contributed by atoms with van der Waals surface area (Å²) in [6.07, 6.45) is 7.08. The van der Waals surface area contributed by atoms with Crippen LogP contribution in [0.4, 0.5) is 22.7 Å². The van der Waals surface area contributed by atoms with E-state index in [9.17, 15) is 24.3 Å². The topological polar surface area (TPSA) is 203 Å². The third-order valence-corrected chi connectivity index (χ3v) is 8.08. The predicted molar refractivity (Wildman–Crippen MR) is 198 cm³/mol. The number of nitrogens with zero attached hydrogens (tertiary/aromatic N) is 6. The highest BCUT2D eigenvalue weighted by atomic mass is 35.5. The number of aliphatic hydroxyl groups excluding tert-OH is 2. The second kappa shape index (κ2) is 18.2. The molecule has 0 fully saturated rings. The van der Waals surface area contributed by atoms with Crippen LogP contribution in [0.2, 0.25) is 0 Å². The molecule has 0 radical (unpaired) electrons. The Hall–Kier alpha value is -5.07. The average molecular weight is 730 g/mol. The monoisotopic (exact) mass is 729 g/mol. The largest absolute Gasteiger partial charge is 0.395 e. The number of amides is 4. The zero-order valence-electron chi connectivity index (χ0n) is 29.7. The lowest BCUT2D eigenvalue weighted by Gasteiger charge is -2.30. The van der Waals surface area contributed by atoms with Crippen LogP contribution in [0, 0.1) is 0 Å². The molecule has 0 aliphatic rings. The first-order valence-electron chi connectivity index (χ1n) is 16.1. The van der Waals surface area contributed by atoms with Crippen molar-refractivity contribution in [3.05, 3.63) is 71.8 Å². The number of aromatic amines is 4. The van der Waals surface area contributed by atoms with Gasteiger partial charge in [0, 0.05) is 72.6 Å². The van der Waals surface area contributed by atoms with Crippen molar-refractivity contribution in [2.24, 2.45) is 0 Å². The number of halogens is 1. The molecular formula is C33H48ClN11O6. The fraction of sp³-hybridized carbons (Fsp3) is 0.394.